The van der Waals surface area contributed by atoms with Crippen LogP contribution in [-0.4, -0.2) is 56.1 Å². The quantitative estimate of drug-likeness (QED) is 0.656. The van der Waals surface area contributed by atoms with Crippen molar-refractivity contribution < 1.29 is 22.3 Å². The summed E-state index contributed by atoms with van der Waals surface area (Å²) in [6.45, 7) is 3.21. The summed E-state index contributed by atoms with van der Waals surface area (Å²) in [4.78, 5) is 13.3. The number of carbonyl (C=O) groups is 1. The van der Waals surface area contributed by atoms with E-state index in [0.29, 0.717) is 19.7 Å². The Morgan fingerprint density at radius 1 is 1.47 bits per heavy atom. The number of nitrogens with one attached hydrogen (secondary N) is 1. The van der Waals surface area contributed by atoms with E-state index in [0.717, 1.165) is 0 Å². The van der Waals surface area contributed by atoms with Crippen LogP contribution in [0.4, 0.5) is 4.39 Å². The van der Waals surface area contributed by atoms with Gasteiger partial charge in [-0.25, -0.2) is 17.5 Å². The third-order valence-corrected chi connectivity index (χ3v) is 6.78. The van der Waals surface area contributed by atoms with Crippen LogP contribution in [0.1, 0.15) is 29.0 Å². The van der Waals surface area contributed by atoms with Crippen LogP contribution in [0.3, 0.4) is 0 Å². The molecule has 0 radical (unpaired) electrons. The summed E-state index contributed by atoms with van der Waals surface area (Å²) < 4.78 is 49.7. The smallest absolute Gasteiger partial charge is 0.265 e. The minimum absolute atomic E-state index is 0.0612. The highest BCUT2D eigenvalue weighted by molar-refractivity contribution is 7.89. The van der Waals surface area contributed by atoms with Gasteiger partial charge in [0.05, 0.1) is 18.8 Å². The standard InChI is InChI=1S/C19H24ClFN4O4S/c1-12-10-25(6-7-29-12)17(18-14(20)4-3-5-15(18)21)9-23-30(27,28)13-8-16(19(22)26)24(2)11-13/h3-5,8,11-12,17,23H,6-7,9-10H2,1-2H3,(H2,22,26). The number of halogens is 2. The molecule has 3 N–H and O–H groups in total. The monoisotopic (exact) mass is 458 g/mol. The number of nitrogens with zero attached hydrogens (tertiary/aromatic N) is 2. The molecule has 0 spiro atoms. The lowest BCUT2D eigenvalue weighted by atomic mass is 10.0. The molecule has 1 amide bonds. The lowest BCUT2D eigenvalue weighted by molar-refractivity contribution is -0.0342. The number of morpholine rings is 1. The Labute approximate surface area is 179 Å². The van der Waals surface area contributed by atoms with Gasteiger partial charge >= 0.3 is 0 Å². The molecule has 2 heterocycles. The number of primary amides is 1. The van der Waals surface area contributed by atoms with Gasteiger partial charge in [-0.15, -0.1) is 0 Å². The number of aromatic nitrogens is 1. The number of sulfonamides is 1. The van der Waals surface area contributed by atoms with Crippen molar-refractivity contribution in [3.63, 3.8) is 0 Å². The zero-order valence-corrected chi connectivity index (χ0v) is 18.2. The number of aryl methyl sites for hydroxylation is 1. The molecular formula is C19H24ClFN4O4S. The molecule has 164 valence electrons. The second-order valence-electron chi connectivity index (χ2n) is 7.22. The fraction of sp³-hybridized carbons (Fsp3) is 0.421. The minimum atomic E-state index is -3.98. The van der Waals surface area contributed by atoms with Crippen LogP contribution in [0, 0.1) is 5.82 Å². The van der Waals surface area contributed by atoms with Gasteiger partial charge in [-0.3, -0.25) is 9.69 Å². The van der Waals surface area contributed by atoms with Gasteiger partial charge in [0.15, 0.2) is 0 Å². The lowest BCUT2D eigenvalue weighted by Crippen LogP contribution is -2.46. The van der Waals surface area contributed by atoms with Crippen molar-refractivity contribution in [2.45, 2.75) is 24.0 Å². The van der Waals surface area contributed by atoms with E-state index in [1.54, 1.807) is 6.07 Å². The van der Waals surface area contributed by atoms with Crippen molar-refractivity contribution in [2.24, 2.45) is 12.8 Å². The van der Waals surface area contributed by atoms with Gasteiger partial charge in [-0.1, -0.05) is 17.7 Å². The summed E-state index contributed by atoms with van der Waals surface area (Å²) in [5.74, 6) is -1.25. The molecule has 1 aromatic heterocycles. The maximum absolute atomic E-state index is 14.7. The van der Waals surface area contributed by atoms with Gasteiger partial charge < -0.3 is 15.0 Å². The molecule has 30 heavy (non-hydrogen) atoms. The van der Waals surface area contributed by atoms with Gasteiger partial charge in [-0.05, 0) is 25.1 Å². The third-order valence-electron chi connectivity index (χ3n) is 5.06. The fourth-order valence-electron chi connectivity index (χ4n) is 3.57. The Balaban J connectivity index is 1.90. The number of benzene rings is 1. The molecule has 1 aliphatic heterocycles. The average Bonchev–Trinajstić information content (AvgIpc) is 3.07. The molecule has 0 saturated carbocycles. The first kappa shape index (κ1) is 22.7. The van der Waals surface area contributed by atoms with Crippen molar-refractivity contribution in [2.75, 3.05) is 26.2 Å². The molecule has 2 atom stereocenters. The number of ether oxygens (including phenoxy) is 1. The van der Waals surface area contributed by atoms with E-state index < -0.39 is 27.8 Å². The third kappa shape index (κ3) is 4.84. The molecule has 3 rings (SSSR count). The SMILES string of the molecule is CC1CN(C(CNS(=O)(=O)c2cc(C(N)=O)n(C)c2)c2c(F)cccc2Cl)CCO1. The average molecular weight is 459 g/mol. The number of carbonyl (C=O) groups excluding carboxylic acids is 1. The zero-order valence-electron chi connectivity index (χ0n) is 16.6. The van der Waals surface area contributed by atoms with Crippen molar-refractivity contribution >= 4 is 27.5 Å². The maximum atomic E-state index is 14.7. The summed E-state index contributed by atoms with van der Waals surface area (Å²) in [5.41, 5.74) is 5.55. The van der Waals surface area contributed by atoms with Crippen LogP contribution in [0.5, 0.6) is 0 Å². The van der Waals surface area contributed by atoms with E-state index in [2.05, 4.69) is 4.72 Å². The normalized spacial score (nSPS) is 19.0. The second kappa shape index (κ2) is 9.03. The first-order valence-electron chi connectivity index (χ1n) is 9.35. The molecular weight excluding hydrogens is 435 g/mol. The predicted octanol–water partition coefficient (Wildman–Crippen LogP) is 1.66. The van der Waals surface area contributed by atoms with E-state index >= 15 is 0 Å². The van der Waals surface area contributed by atoms with E-state index in [9.17, 15) is 17.6 Å². The summed E-state index contributed by atoms with van der Waals surface area (Å²) in [5, 5.41) is 0.217. The van der Waals surface area contributed by atoms with Crippen LogP contribution >= 0.6 is 11.6 Å². The maximum Gasteiger partial charge on any atom is 0.265 e. The second-order valence-corrected chi connectivity index (χ2v) is 9.39. The highest BCUT2D eigenvalue weighted by atomic mass is 35.5. The highest BCUT2D eigenvalue weighted by Crippen LogP contribution is 2.31. The molecule has 0 aliphatic carbocycles. The molecule has 0 bridgehead atoms. The summed E-state index contributed by atoms with van der Waals surface area (Å²) in [6.07, 6.45) is 1.21. The Morgan fingerprint density at radius 2 is 2.20 bits per heavy atom. The van der Waals surface area contributed by atoms with Gasteiger partial charge in [0.1, 0.15) is 16.4 Å². The Bertz CT molecular complexity index is 1020. The van der Waals surface area contributed by atoms with E-state index in [4.69, 9.17) is 22.1 Å². The topological polar surface area (TPSA) is 107 Å². The van der Waals surface area contributed by atoms with Gasteiger partial charge in [0.2, 0.25) is 10.0 Å². The number of amides is 1. The number of rotatable bonds is 7. The summed E-state index contributed by atoms with van der Waals surface area (Å²) >= 11 is 6.28. The van der Waals surface area contributed by atoms with Crippen LogP contribution in [0.15, 0.2) is 35.4 Å². The Morgan fingerprint density at radius 3 is 2.80 bits per heavy atom. The summed E-state index contributed by atoms with van der Waals surface area (Å²) in [7, 11) is -2.45. The van der Waals surface area contributed by atoms with Gasteiger partial charge in [0, 0.05) is 43.5 Å². The number of hydrogen-bond acceptors (Lipinski definition) is 5. The van der Waals surface area contributed by atoms with E-state index in [-0.39, 0.29) is 33.8 Å². The Kier molecular flexibility index (Phi) is 6.83. The molecule has 2 aromatic rings. The van der Waals surface area contributed by atoms with E-state index in [1.165, 1.54) is 36.0 Å². The first-order valence-corrected chi connectivity index (χ1v) is 11.2. The van der Waals surface area contributed by atoms with E-state index in [1.807, 2.05) is 11.8 Å². The van der Waals surface area contributed by atoms with Crippen molar-refractivity contribution in [3.05, 3.63) is 52.6 Å². The number of nitrogens with two attached hydrogens (primary N) is 1. The molecule has 1 aliphatic rings. The fourth-order valence-corrected chi connectivity index (χ4v) is 4.97. The van der Waals surface area contributed by atoms with Crippen LogP contribution in [0.25, 0.3) is 0 Å². The first-order chi connectivity index (χ1) is 14.1. The molecule has 2 unspecified atom stereocenters. The van der Waals surface area contributed by atoms with Crippen LogP contribution in [-0.2, 0) is 21.8 Å². The molecule has 1 aromatic carbocycles. The summed E-state index contributed by atoms with van der Waals surface area (Å²) in [6, 6.07) is 4.93. The largest absolute Gasteiger partial charge is 0.376 e. The zero-order chi connectivity index (χ0) is 22.1. The van der Waals surface area contributed by atoms with Crippen molar-refractivity contribution in [3.8, 4) is 0 Å². The molecule has 8 nitrogen and oxygen atoms in total. The van der Waals surface area contributed by atoms with Gasteiger partial charge in [-0.2, -0.15) is 0 Å². The Hall–Kier alpha value is -1.98. The van der Waals surface area contributed by atoms with Crippen molar-refractivity contribution in [1.82, 2.24) is 14.2 Å². The number of hydrogen-bond donors (Lipinski definition) is 2. The van der Waals surface area contributed by atoms with Crippen LogP contribution < -0.4 is 10.5 Å². The molecule has 11 heteroatoms. The molecule has 1 fully saturated rings. The van der Waals surface area contributed by atoms with Crippen molar-refractivity contribution in [1.29, 1.82) is 0 Å². The predicted molar refractivity (Wildman–Crippen MR) is 110 cm³/mol. The highest BCUT2D eigenvalue weighted by Gasteiger charge is 2.31. The lowest BCUT2D eigenvalue weighted by Gasteiger charge is -2.38. The van der Waals surface area contributed by atoms with Gasteiger partial charge in [0.25, 0.3) is 5.91 Å². The van der Waals surface area contributed by atoms with Crippen LogP contribution in [0.2, 0.25) is 5.02 Å². The molecule has 1 saturated heterocycles. The minimum Gasteiger partial charge on any atom is -0.376 e.